The summed E-state index contributed by atoms with van der Waals surface area (Å²) in [5.74, 6) is 0.954. The Kier molecular flexibility index (Phi) is 4.63. The molecule has 3 N–H and O–H groups in total. The number of anilines is 2. The fraction of sp³-hybridized carbons (Fsp3) is 0.400. The number of likely N-dealkylation sites (tertiary alicyclic amines) is 1. The van der Waals surface area contributed by atoms with Gasteiger partial charge in [0.15, 0.2) is 5.69 Å². The lowest BCUT2D eigenvalue weighted by atomic mass is 9.84. The Morgan fingerprint density at radius 3 is 2.69 bits per heavy atom. The number of hydrogen-bond donors (Lipinski definition) is 3. The maximum absolute atomic E-state index is 13.6. The fourth-order valence-corrected chi connectivity index (χ4v) is 5.44. The zero-order valence-corrected chi connectivity index (χ0v) is 18.1. The van der Waals surface area contributed by atoms with E-state index in [0.29, 0.717) is 18.3 Å². The minimum absolute atomic E-state index is 0.0256. The van der Waals surface area contributed by atoms with Crippen LogP contribution in [0.2, 0.25) is 0 Å². The van der Waals surface area contributed by atoms with Gasteiger partial charge in [-0.05, 0) is 43.9 Å². The lowest BCUT2D eigenvalue weighted by Crippen LogP contribution is -2.62. The van der Waals surface area contributed by atoms with Crippen molar-refractivity contribution in [3.8, 4) is 0 Å². The van der Waals surface area contributed by atoms with E-state index in [1.807, 2.05) is 41.3 Å². The third-order valence-corrected chi connectivity index (χ3v) is 7.10. The van der Waals surface area contributed by atoms with E-state index in [1.54, 1.807) is 0 Å². The van der Waals surface area contributed by atoms with E-state index < -0.39 is 5.54 Å². The molecule has 0 bridgehead atoms. The highest BCUT2D eigenvalue weighted by Gasteiger charge is 2.45. The summed E-state index contributed by atoms with van der Waals surface area (Å²) in [4.78, 5) is 20.7. The van der Waals surface area contributed by atoms with E-state index in [0.717, 1.165) is 60.3 Å². The highest BCUT2D eigenvalue weighted by atomic mass is 16.2. The molecular weight excluding hydrogens is 400 g/mol. The summed E-state index contributed by atoms with van der Waals surface area (Å²) in [5.41, 5.74) is 3.10. The number of nitrogens with one attached hydrogen (secondary N) is 3. The van der Waals surface area contributed by atoms with Crippen molar-refractivity contribution in [2.45, 2.75) is 50.1 Å². The van der Waals surface area contributed by atoms with Crippen LogP contribution < -0.4 is 10.6 Å². The molecule has 6 rings (SSSR count). The van der Waals surface area contributed by atoms with E-state index in [4.69, 9.17) is 4.99 Å². The van der Waals surface area contributed by atoms with Crippen molar-refractivity contribution < 1.29 is 4.79 Å². The van der Waals surface area contributed by atoms with Crippen molar-refractivity contribution in [2.24, 2.45) is 4.99 Å². The zero-order valence-electron chi connectivity index (χ0n) is 18.1. The summed E-state index contributed by atoms with van der Waals surface area (Å²) in [6.07, 6.45) is 6.62. The predicted octanol–water partition coefficient (Wildman–Crippen LogP) is 4.42. The van der Waals surface area contributed by atoms with Crippen LogP contribution in [0.1, 0.15) is 49.0 Å². The first-order valence-corrected chi connectivity index (χ1v) is 11.7. The summed E-state index contributed by atoms with van der Waals surface area (Å²) in [7, 11) is 0. The van der Waals surface area contributed by atoms with Gasteiger partial charge in [0.2, 0.25) is 0 Å². The minimum Gasteiger partial charge on any atom is -0.370 e. The monoisotopic (exact) mass is 428 g/mol. The first-order valence-electron chi connectivity index (χ1n) is 11.7. The number of rotatable bonds is 2. The van der Waals surface area contributed by atoms with Crippen LogP contribution in [0, 0.1) is 0 Å². The molecule has 3 aliphatic rings. The van der Waals surface area contributed by atoms with Gasteiger partial charge >= 0.3 is 0 Å². The van der Waals surface area contributed by atoms with Gasteiger partial charge < -0.3 is 15.5 Å². The van der Waals surface area contributed by atoms with Crippen molar-refractivity contribution >= 4 is 34.0 Å². The van der Waals surface area contributed by atoms with Gasteiger partial charge in [0.25, 0.3) is 5.91 Å². The molecule has 1 spiro atoms. The van der Waals surface area contributed by atoms with Gasteiger partial charge in [-0.3, -0.25) is 14.9 Å². The zero-order chi connectivity index (χ0) is 21.5. The summed E-state index contributed by atoms with van der Waals surface area (Å²) in [6.45, 7) is 1.29. The molecule has 3 aromatic rings. The van der Waals surface area contributed by atoms with Gasteiger partial charge in [-0.1, -0.05) is 43.2 Å². The van der Waals surface area contributed by atoms with Crippen molar-refractivity contribution in [1.29, 1.82) is 0 Å². The van der Waals surface area contributed by atoms with Gasteiger partial charge in [0, 0.05) is 11.9 Å². The van der Waals surface area contributed by atoms with Crippen LogP contribution in [-0.4, -0.2) is 51.5 Å². The summed E-state index contributed by atoms with van der Waals surface area (Å²) in [6, 6.07) is 16.4. The Hall–Kier alpha value is -3.35. The molecule has 7 nitrogen and oxygen atoms in total. The second-order valence-electron chi connectivity index (χ2n) is 9.24. The number of carbonyl (C=O) groups is 1. The Morgan fingerprint density at radius 2 is 1.81 bits per heavy atom. The quantitative estimate of drug-likeness (QED) is 0.564. The molecule has 2 fully saturated rings. The smallest absolute Gasteiger partial charge is 0.275 e. The molecule has 2 aromatic carbocycles. The average Bonchev–Trinajstić information content (AvgIpc) is 3.49. The number of aliphatic imine (C=N–C) groups is 1. The molecule has 1 amide bonds. The Balaban J connectivity index is 1.35. The van der Waals surface area contributed by atoms with Gasteiger partial charge in [-0.25, -0.2) is 0 Å². The number of amides is 1. The molecule has 1 atom stereocenters. The van der Waals surface area contributed by atoms with Gasteiger partial charge in [0.05, 0.1) is 29.5 Å². The standard InChI is InChI=1S/C25H28N6O/c32-23(22-18-10-3-4-11-19(18)29-30-22)31-15-7-14-25(16-31)24(26-17-8-1-2-9-17)27-20-12-5-6-13-21(20)28-25/h3-6,10-13,17,28H,1-2,7-9,14-16H2,(H,26,27)(H,29,30)/t25-/m1/s1. The minimum atomic E-state index is -0.406. The number of carbonyl (C=O) groups excluding carboxylic acids is 1. The van der Waals surface area contributed by atoms with Gasteiger partial charge in [-0.2, -0.15) is 5.10 Å². The molecule has 0 radical (unpaired) electrons. The molecule has 1 aliphatic carbocycles. The number of fused-ring (bicyclic) bond motifs is 2. The van der Waals surface area contributed by atoms with Crippen LogP contribution in [0.4, 0.5) is 11.4 Å². The van der Waals surface area contributed by atoms with Crippen molar-refractivity contribution in [3.63, 3.8) is 0 Å². The van der Waals surface area contributed by atoms with Crippen molar-refractivity contribution in [2.75, 3.05) is 23.7 Å². The van der Waals surface area contributed by atoms with Crippen LogP contribution in [-0.2, 0) is 0 Å². The normalized spacial score (nSPS) is 24.5. The van der Waals surface area contributed by atoms with Gasteiger partial charge in [-0.15, -0.1) is 0 Å². The number of piperidine rings is 1. The van der Waals surface area contributed by atoms with E-state index in [1.165, 1.54) is 12.8 Å². The molecule has 1 saturated carbocycles. The predicted molar refractivity (Wildman–Crippen MR) is 127 cm³/mol. The van der Waals surface area contributed by atoms with Gasteiger partial charge in [0.1, 0.15) is 11.4 Å². The number of benzene rings is 2. The third-order valence-electron chi connectivity index (χ3n) is 7.10. The highest BCUT2D eigenvalue weighted by molar-refractivity contribution is 6.11. The van der Waals surface area contributed by atoms with E-state index in [-0.39, 0.29) is 5.91 Å². The first kappa shape index (κ1) is 19.3. The topological polar surface area (TPSA) is 85.4 Å². The Bertz CT molecular complexity index is 1190. The molecule has 7 heteroatoms. The number of para-hydroxylation sites is 3. The second kappa shape index (κ2) is 7.65. The average molecular weight is 429 g/mol. The Labute approximate surface area is 187 Å². The molecule has 1 saturated heterocycles. The lowest BCUT2D eigenvalue weighted by Gasteiger charge is -2.47. The number of hydrogen-bond acceptors (Lipinski definition) is 4. The maximum Gasteiger partial charge on any atom is 0.275 e. The fourth-order valence-electron chi connectivity index (χ4n) is 5.44. The lowest BCUT2D eigenvalue weighted by molar-refractivity contribution is 0.0690. The number of aromatic nitrogens is 2. The second-order valence-corrected chi connectivity index (χ2v) is 9.24. The highest BCUT2D eigenvalue weighted by Crippen LogP contribution is 2.37. The molecule has 32 heavy (non-hydrogen) atoms. The Morgan fingerprint density at radius 1 is 1.03 bits per heavy atom. The summed E-state index contributed by atoms with van der Waals surface area (Å²) >= 11 is 0. The summed E-state index contributed by atoms with van der Waals surface area (Å²) < 4.78 is 0. The molecule has 1 aromatic heterocycles. The third kappa shape index (κ3) is 3.23. The van der Waals surface area contributed by atoms with E-state index >= 15 is 0 Å². The molecule has 0 unspecified atom stereocenters. The van der Waals surface area contributed by atoms with Crippen LogP contribution in [0.15, 0.2) is 53.5 Å². The largest absolute Gasteiger partial charge is 0.370 e. The SMILES string of the molecule is O=C(c1n[nH]c2ccccc12)N1CCC[C@]2(C1)Nc1ccccc1NC2=NC1CCCC1. The van der Waals surface area contributed by atoms with Crippen LogP contribution in [0.25, 0.3) is 10.9 Å². The molecular formula is C25H28N6O. The molecule has 2 aliphatic heterocycles. The number of H-pyrrole nitrogens is 1. The maximum atomic E-state index is 13.6. The number of amidine groups is 1. The van der Waals surface area contributed by atoms with Crippen LogP contribution in [0.5, 0.6) is 0 Å². The summed E-state index contributed by atoms with van der Waals surface area (Å²) in [5, 5.41) is 15.7. The molecule has 164 valence electrons. The van der Waals surface area contributed by atoms with Crippen molar-refractivity contribution in [3.05, 3.63) is 54.2 Å². The van der Waals surface area contributed by atoms with E-state index in [9.17, 15) is 4.79 Å². The van der Waals surface area contributed by atoms with Crippen molar-refractivity contribution in [1.82, 2.24) is 15.1 Å². The number of aromatic amines is 1. The van der Waals surface area contributed by atoms with E-state index in [2.05, 4.69) is 33.0 Å². The number of nitrogens with zero attached hydrogens (tertiary/aromatic N) is 3. The van der Waals surface area contributed by atoms with Crippen LogP contribution >= 0.6 is 0 Å². The van der Waals surface area contributed by atoms with Crippen LogP contribution in [0.3, 0.4) is 0 Å². The molecule has 3 heterocycles. The first-order chi connectivity index (χ1) is 15.7.